The standard InChI is InChI=1S/C26H32N6O6/c1-26(2,3)38-24(35)19(30-25(36)37-14-17-7-5-4-6-8-17)13-32-16-29-20-21(27-15-28-22(20)32)31-11-9-18(10-12-31)23(33)34/h4-8,15-16,18-19H,9-14H2,1-3H3,(H,30,36)(H,33,34)/t19-/m0/s1. The Hall–Kier alpha value is -4.22. The smallest absolute Gasteiger partial charge is 0.408 e. The number of nitrogens with zero attached hydrogens (tertiary/aromatic N) is 5. The Labute approximate surface area is 220 Å². The van der Waals surface area contributed by atoms with Gasteiger partial charge in [0.05, 0.1) is 18.8 Å². The minimum absolute atomic E-state index is 0.00337. The molecule has 12 nitrogen and oxygen atoms in total. The lowest BCUT2D eigenvalue weighted by atomic mass is 9.97. The number of carboxylic acid groups (broad SMARTS) is 1. The third-order valence-corrected chi connectivity index (χ3v) is 6.10. The van der Waals surface area contributed by atoms with E-state index in [4.69, 9.17) is 9.47 Å². The molecular formula is C26H32N6O6. The van der Waals surface area contributed by atoms with E-state index in [9.17, 15) is 19.5 Å². The van der Waals surface area contributed by atoms with E-state index in [-0.39, 0.29) is 19.1 Å². The number of imidazole rings is 1. The Morgan fingerprint density at radius 1 is 1.11 bits per heavy atom. The zero-order valence-corrected chi connectivity index (χ0v) is 21.7. The van der Waals surface area contributed by atoms with Crippen molar-refractivity contribution < 1.29 is 29.0 Å². The average molecular weight is 525 g/mol. The van der Waals surface area contributed by atoms with Crippen molar-refractivity contribution in [3.63, 3.8) is 0 Å². The van der Waals surface area contributed by atoms with E-state index in [1.54, 1.807) is 25.3 Å². The second-order valence-corrected chi connectivity index (χ2v) is 10.2. The highest BCUT2D eigenvalue weighted by Gasteiger charge is 2.30. The fourth-order valence-electron chi connectivity index (χ4n) is 4.23. The summed E-state index contributed by atoms with van der Waals surface area (Å²) < 4.78 is 12.5. The summed E-state index contributed by atoms with van der Waals surface area (Å²) in [6, 6.07) is 8.14. The van der Waals surface area contributed by atoms with Crippen LogP contribution in [0.2, 0.25) is 0 Å². The molecule has 1 amide bonds. The van der Waals surface area contributed by atoms with Crippen LogP contribution < -0.4 is 10.2 Å². The monoisotopic (exact) mass is 524 g/mol. The normalized spacial score (nSPS) is 15.2. The molecule has 2 N–H and O–H groups in total. The van der Waals surface area contributed by atoms with Crippen LogP contribution in [0.15, 0.2) is 43.0 Å². The first-order valence-electron chi connectivity index (χ1n) is 12.4. The van der Waals surface area contributed by atoms with Crippen molar-refractivity contribution in [1.82, 2.24) is 24.8 Å². The molecule has 0 spiro atoms. The van der Waals surface area contributed by atoms with Crippen LogP contribution in [0.1, 0.15) is 39.2 Å². The number of esters is 1. The van der Waals surface area contributed by atoms with Gasteiger partial charge in [0.25, 0.3) is 0 Å². The number of fused-ring (bicyclic) bond motifs is 1. The molecule has 1 fully saturated rings. The van der Waals surface area contributed by atoms with Gasteiger partial charge in [0.1, 0.15) is 24.6 Å². The molecule has 1 aromatic carbocycles. The van der Waals surface area contributed by atoms with Crippen LogP contribution in [-0.2, 0) is 32.2 Å². The summed E-state index contributed by atoms with van der Waals surface area (Å²) >= 11 is 0. The third-order valence-electron chi connectivity index (χ3n) is 6.10. The van der Waals surface area contributed by atoms with Crippen molar-refractivity contribution in [2.24, 2.45) is 5.92 Å². The van der Waals surface area contributed by atoms with Crippen molar-refractivity contribution in [3.05, 3.63) is 48.5 Å². The van der Waals surface area contributed by atoms with Crippen LogP contribution in [0, 0.1) is 5.92 Å². The maximum atomic E-state index is 13.0. The van der Waals surface area contributed by atoms with Crippen LogP contribution in [0.25, 0.3) is 11.2 Å². The lowest BCUT2D eigenvalue weighted by Gasteiger charge is -2.30. The van der Waals surface area contributed by atoms with E-state index >= 15 is 0 Å². The van der Waals surface area contributed by atoms with Crippen molar-refractivity contribution in [1.29, 1.82) is 0 Å². The maximum absolute atomic E-state index is 13.0. The Morgan fingerprint density at radius 3 is 2.47 bits per heavy atom. The van der Waals surface area contributed by atoms with Crippen molar-refractivity contribution >= 4 is 35.0 Å². The van der Waals surface area contributed by atoms with Crippen LogP contribution in [-0.4, -0.2) is 67.4 Å². The van der Waals surface area contributed by atoms with Crippen LogP contribution in [0.4, 0.5) is 10.6 Å². The summed E-state index contributed by atoms with van der Waals surface area (Å²) in [5.41, 5.74) is 1.05. The number of carboxylic acids is 1. The largest absolute Gasteiger partial charge is 0.481 e. The molecule has 12 heteroatoms. The van der Waals surface area contributed by atoms with Crippen LogP contribution >= 0.6 is 0 Å². The zero-order valence-electron chi connectivity index (χ0n) is 21.7. The number of piperidine rings is 1. The number of ether oxygens (including phenoxy) is 2. The molecule has 0 aliphatic carbocycles. The first-order chi connectivity index (χ1) is 18.1. The molecule has 202 valence electrons. The number of carbonyl (C=O) groups is 3. The van der Waals surface area contributed by atoms with E-state index in [0.717, 1.165) is 5.56 Å². The van der Waals surface area contributed by atoms with Gasteiger partial charge in [0.15, 0.2) is 17.0 Å². The first-order valence-corrected chi connectivity index (χ1v) is 12.4. The zero-order chi connectivity index (χ0) is 27.3. The molecule has 0 bridgehead atoms. The van der Waals surface area contributed by atoms with E-state index in [1.165, 1.54) is 12.7 Å². The Morgan fingerprint density at radius 2 is 1.82 bits per heavy atom. The number of anilines is 1. The number of aromatic nitrogens is 4. The molecule has 0 unspecified atom stereocenters. The molecule has 2 aromatic heterocycles. The van der Waals surface area contributed by atoms with Crippen molar-refractivity contribution in [3.8, 4) is 0 Å². The summed E-state index contributed by atoms with van der Waals surface area (Å²) in [7, 11) is 0. The maximum Gasteiger partial charge on any atom is 0.408 e. The highest BCUT2D eigenvalue weighted by Crippen LogP contribution is 2.27. The van der Waals surface area contributed by atoms with Crippen molar-refractivity contribution in [2.45, 2.75) is 58.4 Å². The summed E-state index contributed by atoms with van der Waals surface area (Å²) in [6.07, 6.45) is 3.20. The van der Waals surface area contributed by atoms with E-state index in [2.05, 4.69) is 20.3 Å². The fourth-order valence-corrected chi connectivity index (χ4v) is 4.23. The molecule has 3 aromatic rings. The lowest BCUT2D eigenvalue weighted by Crippen LogP contribution is -2.46. The van der Waals surface area contributed by atoms with Crippen LogP contribution in [0.5, 0.6) is 0 Å². The predicted molar refractivity (Wildman–Crippen MR) is 137 cm³/mol. The molecule has 0 saturated carbocycles. The number of rotatable bonds is 8. The van der Waals surface area contributed by atoms with Gasteiger partial charge in [-0.1, -0.05) is 30.3 Å². The topological polar surface area (TPSA) is 149 Å². The van der Waals surface area contributed by atoms with Gasteiger partial charge < -0.3 is 29.4 Å². The predicted octanol–water partition coefficient (Wildman–Crippen LogP) is 2.76. The highest BCUT2D eigenvalue weighted by atomic mass is 16.6. The van der Waals surface area contributed by atoms with Gasteiger partial charge in [-0.3, -0.25) is 4.79 Å². The molecule has 4 rings (SSSR count). The fraction of sp³-hybridized carbons (Fsp3) is 0.462. The molecule has 3 heterocycles. The van der Waals surface area contributed by atoms with Gasteiger partial charge in [-0.05, 0) is 39.2 Å². The van der Waals surface area contributed by atoms with Crippen molar-refractivity contribution in [2.75, 3.05) is 18.0 Å². The van der Waals surface area contributed by atoms with Gasteiger partial charge in [-0.2, -0.15) is 0 Å². The van der Waals surface area contributed by atoms with Gasteiger partial charge in [-0.15, -0.1) is 0 Å². The molecule has 38 heavy (non-hydrogen) atoms. The number of hydrogen-bond acceptors (Lipinski definition) is 9. The summed E-state index contributed by atoms with van der Waals surface area (Å²) in [5, 5.41) is 11.9. The average Bonchev–Trinajstić information content (AvgIpc) is 3.29. The number of alkyl carbamates (subject to hydrolysis) is 1. The second-order valence-electron chi connectivity index (χ2n) is 10.2. The second kappa shape index (κ2) is 11.4. The lowest BCUT2D eigenvalue weighted by molar-refractivity contribution is -0.157. The van der Waals surface area contributed by atoms with Gasteiger partial charge >= 0.3 is 18.0 Å². The molecule has 0 radical (unpaired) electrons. The minimum Gasteiger partial charge on any atom is -0.481 e. The SMILES string of the molecule is CC(C)(C)OC(=O)[C@H](Cn1cnc2c(N3CCC(C(=O)O)CC3)ncnc21)NC(=O)OCc1ccccc1. The molecule has 1 aliphatic heterocycles. The summed E-state index contributed by atoms with van der Waals surface area (Å²) in [5.74, 6) is -1.18. The number of benzene rings is 1. The number of aliphatic carboxylic acids is 1. The summed E-state index contributed by atoms with van der Waals surface area (Å²) in [6.45, 7) is 6.36. The molecular weight excluding hydrogens is 492 g/mol. The van der Waals surface area contributed by atoms with E-state index < -0.39 is 29.7 Å². The quantitative estimate of drug-likeness (QED) is 0.421. The van der Waals surface area contributed by atoms with E-state index in [1.807, 2.05) is 35.2 Å². The Kier molecular flexibility index (Phi) is 8.08. The molecule has 1 saturated heterocycles. The number of hydrogen-bond donors (Lipinski definition) is 2. The summed E-state index contributed by atoms with van der Waals surface area (Å²) in [4.78, 5) is 52.1. The minimum atomic E-state index is -1.07. The third kappa shape index (κ3) is 6.75. The van der Waals surface area contributed by atoms with Gasteiger partial charge in [0, 0.05) is 13.1 Å². The molecule has 1 aliphatic rings. The number of carbonyl (C=O) groups excluding carboxylic acids is 2. The number of amides is 1. The first kappa shape index (κ1) is 26.8. The van der Waals surface area contributed by atoms with Gasteiger partial charge in [0.2, 0.25) is 0 Å². The highest BCUT2D eigenvalue weighted by molar-refractivity contribution is 5.85. The Balaban J connectivity index is 1.51. The molecule has 1 atom stereocenters. The number of nitrogens with one attached hydrogen (secondary N) is 1. The van der Waals surface area contributed by atoms with Gasteiger partial charge in [-0.25, -0.2) is 24.5 Å². The van der Waals surface area contributed by atoms with E-state index in [0.29, 0.717) is 42.9 Å². The van der Waals surface area contributed by atoms with Crippen LogP contribution in [0.3, 0.4) is 0 Å². The Bertz CT molecular complexity index is 1280.